The van der Waals surface area contributed by atoms with Crippen molar-refractivity contribution in [3.63, 3.8) is 0 Å². The molecule has 21 heavy (non-hydrogen) atoms. The average molecular weight is 297 g/mol. The number of alkyl halides is 3. The van der Waals surface area contributed by atoms with Crippen molar-refractivity contribution in [2.75, 3.05) is 0 Å². The molecule has 2 aromatic rings. The highest BCUT2D eigenvalue weighted by Gasteiger charge is 2.30. The lowest BCUT2D eigenvalue weighted by molar-refractivity contribution is -0.137. The molecular weight excluding hydrogens is 287 g/mol. The largest absolute Gasteiger partial charge is 0.455 e. The zero-order chi connectivity index (χ0) is 15.5. The number of rotatable bonds is 3. The normalized spacial score (nSPS) is 12.2. The molecule has 8 heteroatoms. The first-order chi connectivity index (χ1) is 9.91. The van der Waals surface area contributed by atoms with Crippen molar-refractivity contribution < 1.29 is 23.1 Å². The van der Waals surface area contributed by atoms with E-state index in [0.29, 0.717) is 0 Å². The molecule has 0 atom stereocenters. The first-order valence-corrected chi connectivity index (χ1v) is 5.69. The van der Waals surface area contributed by atoms with Crippen LogP contribution in [0, 0.1) is 0 Å². The summed E-state index contributed by atoms with van der Waals surface area (Å²) in [5.41, 5.74) is 4.96. The van der Waals surface area contributed by atoms with Gasteiger partial charge in [-0.05, 0) is 30.3 Å². The van der Waals surface area contributed by atoms with Gasteiger partial charge in [-0.15, -0.1) is 0 Å². The van der Waals surface area contributed by atoms with E-state index in [1.807, 2.05) is 0 Å². The highest BCUT2D eigenvalue weighted by atomic mass is 19.4. The van der Waals surface area contributed by atoms with Crippen molar-refractivity contribution in [1.29, 1.82) is 0 Å². The third-order valence-electron chi connectivity index (χ3n) is 2.58. The molecule has 0 aliphatic rings. The third kappa shape index (κ3) is 3.41. The number of hydrogen-bond acceptors (Lipinski definition) is 4. The first-order valence-electron chi connectivity index (χ1n) is 5.69. The number of aromatic nitrogens is 1. The van der Waals surface area contributed by atoms with Gasteiger partial charge in [-0.25, -0.2) is 0 Å². The predicted molar refractivity (Wildman–Crippen MR) is 68.3 cm³/mol. The second kappa shape index (κ2) is 5.70. The van der Waals surface area contributed by atoms with Crippen LogP contribution in [0.4, 0.5) is 13.2 Å². The summed E-state index contributed by atoms with van der Waals surface area (Å²) in [6, 6.07) is 5.59. The van der Waals surface area contributed by atoms with Crippen LogP contribution in [0.5, 0.6) is 11.5 Å². The van der Waals surface area contributed by atoms with E-state index >= 15 is 0 Å². The van der Waals surface area contributed by atoms with Crippen LogP contribution >= 0.6 is 0 Å². The SMILES string of the molecule is N/C(=N/O)c1ccncc1Oc1ccc(C(F)(F)F)cc1. The summed E-state index contributed by atoms with van der Waals surface area (Å²) < 4.78 is 42.8. The van der Waals surface area contributed by atoms with E-state index in [1.165, 1.54) is 30.6 Å². The number of nitrogens with zero attached hydrogens (tertiary/aromatic N) is 2. The molecule has 0 saturated heterocycles. The van der Waals surface area contributed by atoms with Crippen molar-refractivity contribution in [3.05, 3.63) is 53.9 Å². The Morgan fingerprint density at radius 2 is 1.86 bits per heavy atom. The zero-order valence-electron chi connectivity index (χ0n) is 10.5. The minimum Gasteiger partial charge on any atom is -0.455 e. The number of hydrogen-bond donors (Lipinski definition) is 2. The Labute approximate surface area is 117 Å². The number of nitrogens with two attached hydrogens (primary N) is 1. The Morgan fingerprint density at radius 3 is 2.43 bits per heavy atom. The number of benzene rings is 1. The lowest BCUT2D eigenvalue weighted by Gasteiger charge is -2.11. The van der Waals surface area contributed by atoms with Crippen molar-refractivity contribution in [2.24, 2.45) is 10.9 Å². The van der Waals surface area contributed by atoms with Gasteiger partial charge in [0.2, 0.25) is 0 Å². The quantitative estimate of drug-likeness (QED) is 0.395. The van der Waals surface area contributed by atoms with E-state index < -0.39 is 11.7 Å². The Kier molecular flexibility index (Phi) is 3.97. The van der Waals surface area contributed by atoms with Gasteiger partial charge in [0.1, 0.15) is 5.75 Å². The van der Waals surface area contributed by atoms with E-state index in [1.54, 1.807) is 0 Å². The Balaban J connectivity index is 2.27. The summed E-state index contributed by atoms with van der Waals surface area (Å²) in [5, 5.41) is 11.5. The minimum absolute atomic E-state index is 0.160. The van der Waals surface area contributed by atoms with Crippen LogP contribution in [0.3, 0.4) is 0 Å². The van der Waals surface area contributed by atoms with Crippen LogP contribution in [0.25, 0.3) is 0 Å². The zero-order valence-corrected chi connectivity index (χ0v) is 10.5. The Bertz CT molecular complexity index is 654. The molecule has 1 heterocycles. The Morgan fingerprint density at radius 1 is 1.19 bits per heavy atom. The third-order valence-corrected chi connectivity index (χ3v) is 2.58. The van der Waals surface area contributed by atoms with E-state index in [0.717, 1.165) is 12.1 Å². The van der Waals surface area contributed by atoms with Crippen LogP contribution < -0.4 is 10.5 Å². The van der Waals surface area contributed by atoms with E-state index in [4.69, 9.17) is 15.7 Å². The number of pyridine rings is 1. The van der Waals surface area contributed by atoms with E-state index in [2.05, 4.69) is 10.1 Å². The molecule has 3 N–H and O–H groups in total. The van der Waals surface area contributed by atoms with Crippen LogP contribution in [0.15, 0.2) is 47.9 Å². The standard InChI is InChI=1S/C13H10F3N3O2/c14-13(15,16)8-1-3-9(4-2-8)21-11-7-18-6-5-10(11)12(17)19-20/h1-7,20H,(H2,17,19). The van der Waals surface area contributed by atoms with Gasteiger partial charge in [-0.2, -0.15) is 13.2 Å². The number of oxime groups is 1. The smallest absolute Gasteiger partial charge is 0.416 e. The maximum absolute atomic E-state index is 12.5. The van der Waals surface area contributed by atoms with Crippen molar-refractivity contribution in [1.82, 2.24) is 4.98 Å². The second-order valence-corrected chi connectivity index (χ2v) is 3.98. The van der Waals surface area contributed by atoms with Crippen LogP contribution in [-0.4, -0.2) is 16.0 Å². The van der Waals surface area contributed by atoms with Gasteiger partial charge >= 0.3 is 6.18 Å². The lowest BCUT2D eigenvalue weighted by Crippen LogP contribution is -2.14. The van der Waals surface area contributed by atoms with Crippen LogP contribution in [-0.2, 0) is 6.18 Å². The predicted octanol–water partition coefficient (Wildman–Crippen LogP) is 2.99. The second-order valence-electron chi connectivity index (χ2n) is 3.98. The highest BCUT2D eigenvalue weighted by molar-refractivity contribution is 5.99. The molecule has 0 amide bonds. The van der Waals surface area contributed by atoms with Crippen molar-refractivity contribution in [2.45, 2.75) is 6.18 Å². The molecule has 5 nitrogen and oxygen atoms in total. The van der Waals surface area contributed by atoms with Gasteiger partial charge in [0.15, 0.2) is 11.6 Å². The van der Waals surface area contributed by atoms with Crippen molar-refractivity contribution in [3.8, 4) is 11.5 Å². The lowest BCUT2D eigenvalue weighted by atomic mass is 10.2. The van der Waals surface area contributed by atoms with E-state index in [-0.39, 0.29) is 22.9 Å². The molecule has 2 rings (SSSR count). The molecule has 110 valence electrons. The number of amidine groups is 1. The minimum atomic E-state index is -4.41. The summed E-state index contributed by atoms with van der Waals surface area (Å²) in [4.78, 5) is 3.82. The van der Waals surface area contributed by atoms with Crippen molar-refractivity contribution >= 4 is 5.84 Å². The summed E-state index contributed by atoms with van der Waals surface area (Å²) in [6.07, 6.45) is -1.69. The molecule has 0 saturated carbocycles. The van der Waals surface area contributed by atoms with Crippen LogP contribution in [0.2, 0.25) is 0 Å². The molecular formula is C13H10F3N3O2. The van der Waals surface area contributed by atoms with Gasteiger partial charge < -0.3 is 15.7 Å². The van der Waals surface area contributed by atoms with Gasteiger partial charge in [0, 0.05) is 6.20 Å². The van der Waals surface area contributed by atoms with Gasteiger partial charge in [0.25, 0.3) is 0 Å². The molecule has 1 aromatic heterocycles. The van der Waals surface area contributed by atoms with Gasteiger partial charge in [0.05, 0.1) is 17.3 Å². The summed E-state index contributed by atoms with van der Waals surface area (Å²) >= 11 is 0. The average Bonchev–Trinajstić information content (AvgIpc) is 2.46. The fourth-order valence-corrected chi connectivity index (χ4v) is 1.57. The summed E-state index contributed by atoms with van der Waals surface area (Å²) in [6.45, 7) is 0. The number of halogens is 3. The number of ether oxygens (including phenoxy) is 1. The molecule has 0 radical (unpaired) electrons. The highest BCUT2D eigenvalue weighted by Crippen LogP contribution is 2.31. The molecule has 0 aliphatic carbocycles. The van der Waals surface area contributed by atoms with E-state index in [9.17, 15) is 13.2 Å². The molecule has 0 aliphatic heterocycles. The topological polar surface area (TPSA) is 80.7 Å². The molecule has 1 aromatic carbocycles. The first kappa shape index (κ1) is 14.6. The summed E-state index contributed by atoms with van der Waals surface area (Å²) in [7, 11) is 0. The molecule has 0 bridgehead atoms. The molecule has 0 spiro atoms. The van der Waals surface area contributed by atoms with Gasteiger partial charge in [-0.3, -0.25) is 4.98 Å². The monoisotopic (exact) mass is 297 g/mol. The fraction of sp³-hybridized carbons (Fsp3) is 0.0769. The Hall–Kier alpha value is -2.77. The van der Waals surface area contributed by atoms with Gasteiger partial charge in [-0.1, -0.05) is 5.16 Å². The molecule has 0 fully saturated rings. The maximum Gasteiger partial charge on any atom is 0.416 e. The molecule has 0 unspecified atom stereocenters. The fourth-order valence-electron chi connectivity index (χ4n) is 1.57. The van der Waals surface area contributed by atoms with Crippen LogP contribution in [0.1, 0.15) is 11.1 Å². The maximum atomic E-state index is 12.5. The summed E-state index contributed by atoms with van der Waals surface area (Å²) in [5.74, 6) is 0.134.